The molecule has 0 saturated carbocycles. The normalized spacial score (nSPS) is 17.2. The van der Waals surface area contributed by atoms with Gasteiger partial charge in [0.15, 0.2) is 0 Å². The second-order valence-corrected chi connectivity index (χ2v) is 6.40. The number of thiophene rings is 1. The largest absolute Gasteiger partial charge is 0.338 e. The smallest absolute Gasteiger partial charge is 0.263 e. The Hall–Kier alpha value is -0.870. The maximum atomic E-state index is 12.4. The van der Waals surface area contributed by atoms with Gasteiger partial charge >= 0.3 is 0 Å². The summed E-state index contributed by atoms with van der Waals surface area (Å²) in [5, 5.41) is 3.22. The first-order chi connectivity index (χ1) is 8.61. The minimum absolute atomic E-state index is 0.221. The van der Waals surface area contributed by atoms with Crippen LogP contribution in [0.4, 0.5) is 0 Å². The molecule has 1 N–H and O–H groups in total. The van der Waals surface area contributed by atoms with Crippen molar-refractivity contribution in [3.63, 3.8) is 0 Å². The van der Waals surface area contributed by atoms with E-state index in [0.717, 1.165) is 43.3 Å². The van der Waals surface area contributed by atoms with Gasteiger partial charge in [-0.25, -0.2) is 0 Å². The van der Waals surface area contributed by atoms with E-state index < -0.39 is 0 Å². The molecule has 0 spiro atoms. The summed E-state index contributed by atoms with van der Waals surface area (Å²) < 4.78 is 0. The summed E-state index contributed by atoms with van der Waals surface area (Å²) >= 11 is 1.62. The Labute approximate surface area is 113 Å². The van der Waals surface area contributed by atoms with Crippen LogP contribution in [0.5, 0.6) is 0 Å². The van der Waals surface area contributed by atoms with Crippen molar-refractivity contribution in [3.8, 4) is 0 Å². The molecule has 2 heterocycles. The fraction of sp³-hybridized carbons (Fsp3) is 0.643. The van der Waals surface area contributed by atoms with Crippen molar-refractivity contribution in [1.82, 2.24) is 10.2 Å². The van der Waals surface area contributed by atoms with Gasteiger partial charge in [-0.05, 0) is 57.8 Å². The molecular weight excluding hydrogens is 244 g/mol. The van der Waals surface area contributed by atoms with Crippen LogP contribution in [0, 0.1) is 19.8 Å². The van der Waals surface area contributed by atoms with Crippen LogP contribution < -0.4 is 5.32 Å². The maximum absolute atomic E-state index is 12.4. The molecule has 4 heteroatoms. The molecule has 100 valence electrons. The van der Waals surface area contributed by atoms with Gasteiger partial charge in [0.25, 0.3) is 5.91 Å². The first kappa shape index (κ1) is 13.6. The van der Waals surface area contributed by atoms with E-state index in [1.165, 1.54) is 10.4 Å². The third kappa shape index (κ3) is 2.93. The number of carbonyl (C=O) groups excluding carboxylic acids is 1. The summed E-state index contributed by atoms with van der Waals surface area (Å²) in [5.74, 6) is 0.949. The summed E-state index contributed by atoms with van der Waals surface area (Å²) in [6, 6.07) is 2.03. The second kappa shape index (κ2) is 5.85. The molecule has 1 aromatic rings. The molecule has 1 amide bonds. The Balaban J connectivity index is 1.95. The number of amides is 1. The number of nitrogens with zero attached hydrogens (tertiary/aromatic N) is 1. The maximum Gasteiger partial charge on any atom is 0.263 e. The lowest BCUT2D eigenvalue weighted by atomic mass is 9.97. The van der Waals surface area contributed by atoms with Crippen LogP contribution in [-0.4, -0.2) is 37.5 Å². The first-order valence-electron chi connectivity index (χ1n) is 6.62. The SMILES string of the molecule is CNCC1CCN(C(=O)c2cc(C)c(C)s2)CC1. The van der Waals surface area contributed by atoms with Gasteiger partial charge in [0.2, 0.25) is 0 Å². The minimum Gasteiger partial charge on any atom is -0.338 e. The van der Waals surface area contributed by atoms with E-state index in [9.17, 15) is 4.79 Å². The molecule has 1 aliphatic heterocycles. The van der Waals surface area contributed by atoms with Crippen molar-refractivity contribution in [2.45, 2.75) is 26.7 Å². The molecule has 0 radical (unpaired) electrons. The lowest BCUT2D eigenvalue weighted by Crippen LogP contribution is -2.40. The standard InChI is InChI=1S/C14H22N2OS/c1-10-8-13(18-11(10)2)14(17)16-6-4-12(5-7-16)9-15-3/h8,12,15H,4-7,9H2,1-3H3. The molecule has 1 saturated heterocycles. The highest BCUT2D eigenvalue weighted by atomic mass is 32.1. The number of rotatable bonds is 3. The van der Waals surface area contributed by atoms with Crippen molar-refractivity contribution in [2.24, 2.45) is 5.92 Å². The topological polar surface area (TPSA) is 32.3 Å². The Morgan fingerprint density at radius 2 is 2.11 bits per heavy atom. The van der Waals surface area contributed by atoms with Crippen LogP contribution in [0.1, 0.15) is 33.0 Å². The number of aryl methyl sites for hydroxylation is 2. The summed E-state index contributed by atoms with van der Waals surface area (Å²) in [6.45, 7) is 7.03. The molecule has 0 bridgehead atoms. The van der Waals surface area contributed by atoms with Crippen molar-refractivity contribution in [3.05, 3.63) is 21.4 Å². The van der Waals surface area contributed by atoms with Gasteiger partial charge in [0, 0.05) is 18.0 Å². The molecule has 0 unspecified atom stereocenters. The number of nitrogens with one attached hydrogen (secondary N) is 1. The lowest BCUT2D eigenvalue weighted by Gasteiger charge is -2.31. The van der Waals surface area contributed by atoms with Gasteiger partial charge in [-0.15, -0.1) is 11.3 Å². The lowest BCUT2D eigenvalue weighted by molar-refractivity contribution is 0.0696. The van der Waals surface area contributed by atoms with Crippen LogP contribution in [0.2, 0.25) is 0 Å². The van der Waals surface area contributed by atoms with Crippen molar-refractivity contribution >= 4 is 17.2 Å². The van der Waals surface area contributed by atoms with Crippen molar-refractivity contribution < 1.29 is 4.79 Å². The van der Waals surface area contributed by atoms with Crippen molar-refractivity contribution in [1.29, 1.82) is 0 Å². The van der Waals surface area contributed by atoms with Gasteiger partial charge in [-0.1, -0.05) is 0 Å². The van der Waals surface area contributed by atoms with Crippen LogP contribution in [-0.2, 0) is 0 Å². The quantitative estimate of drug-likeness (QED) is 0.911. The second-order valence-electron chi connectivity index (χ2n) is 5.14. The monoisotopic (exact) mass is 266 g/mol. The molecule has 18 heavy (non-hydrogen) atoms. The molecule has 1 aromatic heterocycles. The third-order valence-electron chi connectivity index (χ3n) is 3.77. The van der Waals surface area contributed by atoms with Crippen LogP contribution >= 0.6 is 11.3 Å². The number of likely N-dealkylation sites (tertiary alicyclic amines) is 1. The van der Waals surface area contributed by atoms with Gasteiger partial charge in [0.1, 0.15) is 0 Å². The highest BCUT2D eigenvalue weighted by Crippen LogP contribution is 2.24. The van der Waals surface area contributed by atoms with Gasteiger partial charge < -0.3 is 10.2 Å². The summed E-state index contributed by atoms with van der Waals surface area (Å²) in [6.07, 6.45) is 2.24. The fourth-order valence-corrected chi connectivity index (χ4v) is 3.47. The van der Waals surface area contributed by atoms with E-state index in [4.69, 9.17) is 0 Å². The average molecular weight is 266 g/mol. The average Bonchev–Trinajstić information content (AvgIpc) is 2.70. The van der Waals surface area contributed by atoms with Crippen LogP contribution in [0.25, 0.3) is 0 Å². The molecule has 0 atom stereocenters. The fourth-order valence-electron chi connectivity index (χ4n) is 2.46. The van der Waals surface area contributed by atoms with Gasteiger partial charge in [-0.3, -0.25) is 4.79 Å². The van der Waals surface area contributed by atoms with E-state index >= 15 is 0 Å². The van der Waals surface area contributed by atoms with E-state index in [0.29, 0.717) is 0 Å². The predicted molar refractivity (Wildman–Crippen MR) is 76.3 cm³/mol. The van der Waals surface area contributed by atoms with Crippen LogP contribution in [0.3, 0.4) is 0 Å². The molecule has 0 aliphatic carbocycles. The predicted octanol–water partition coefficient (Wildman–Crippen LogP) is 2.44. The highest BCUT2D eigenvalue weighted by Gasteiger charge is 2.24. The Morgan fingerprint density at radius 3 is 2.61 bits per heavy atom. The third-order valence-corrected chi connectivity index (χ3v) is 4.91. The van der Waals surface area contributed by atoms with E-state index in [-0.39, 0.29) is 5.91 Å². The Kier molecular flexibility index (Phi) is 4.40. The van der Waals surface area contributed by atoms with Crippen molar-refractivity contribution in [2.75, 3.05) is 26.7 Å². The Morgan fingerprint density at radius 1 is 1.44 bits per heavy atom. The molecule has 1 aliphatic rings. The summed E-state index contributed by atoms with van der Waals surface area (Å²) in [7, 11) is 1.99. The number of hydrogen-bond donors (Lipinski definition) is 1. The molecule has 3 nitrogen and oxygen atoms in total. The zero-order valence-corrected chi connectivity index (χ0v) is 12.3. The minimum atomic E-state index is 0.221. The zero-order chi connectivity index (χ0) is 13.1. The van der Waals surface area contributed by atoms with Gasteiger partial charge in [0.05, 0.1) is 4.88 Å². The molecule has 2 rings (SSSR count). The van der Waals surface area contributed by atoms with Gasteiger partial charge in [-0.2, -0.15) is 0 Å². The summed E-state index contributed by atoms with van der Waals surface area (Å²) in [5.41, 5.74) is 1.23. The zero-order valence-electron chi connectivity index (χ0n) is 11.5. The van der Waals surface area contributed by atoms with E-state index in [2.05, 4.69) is 19.2 Å². The van der Waals surface area contributed by atoms with E-state index in [1.807, 2.05) is 18.0 Å². The Bertz CT molecular complexity index is 400. The van der Waals surface area contributed by atoms with E-state index in [1.54, 1.807) is 11.3 Å². The highest BCUT2D eigenvalue weighted by molar-refractivity contribution is 7.14. The molecule has 1 fully saturated rings. The first-order valence-corrected chi connectivity index (χ1v) is 7.44. The summed E-state index contributed by atoms with van der Waals surface area (Å²) in [4.78, 5) is 16.5. The number of hydrogen-bond acceptors (Lipinski definition) is 3. The molecule has 0 aromatic carbocycles. The molecular formula is C14H22N2OS. The number of carbonyl (C=O) groups is 1. The number of piperidine rings is 1. The van der Waals surface area contributed by atoms with Crippen LogP contribution in [0.15, 0.2) is 6.07 Å².